The molecule has 0 aliphatic rings. The summed E-state index contributed by atoms with van der Waals surface area (Å²) in [5.74, 6) is -1.93. The zero-order valence-electron chi connectivity index (χ0n) is 9.35. The average molecular weight is 250 g/mol. The Bertz CT molecular complexity index is 215. The van der Waals surface area contributed by atoms with Gasteiger partial charge in [0.25, 0.3) is 0 Å². The smallest absolute Gasteiger partial charge is 0.303 e. The molecule has 0 amide bonds. The molecule has 6 heteroatoms. The fourth-order valence-electron chi connectivity index (χ4n) is 1.34. The average Bonchev–Trinajstić information content (AvgIpc) is 2.12. The van der Waals surface area contributed by atoms with Crippen LogP contribution in [-0.2, 0) is 20.8 Å². The van der Waals surface area contributed by atoms with E-state index in [1.54, 1.807) is 0 Å². The number of rotatable bonds is 9. The van der Waals surface area contributed by atoms with Crippen molar-refractivity contribution in [2.75, 3.05) is 11.5 Å². The van der Waals surface area contributed by atoms with Crippen molar-refractivity contribution in [1.82, 2.24) is 0 Å². The Morgan fingerprint density at radius 3 is 2.12 bits per heavy atom. The van der Waals surface area contributed by atoms with Gasteiger partial charge in [0.05, 0.1) is 12.8 Å². The van der Waals surface area contributed by atoms with Crippen molar-refractivity contribution in [3.63, 3.8) is 0 Å². The van der Waals surface area contributed by atoms with Gasteiger partial charge in [0.15, 0.2) is 0 Å². The van der Waals surface area contributed by atoms with Gasteiger partial charge in [0.2, 0.25) is 0 Å². The number of carboxylic acid groups (broad SMARTS) is 2. The first-order valence-electron chi connectivity index (χ1n) is 5.24. The maximum atomic E-state index is 11.5. The maximum absolute atomic E-state index is 11.5. The van der Waals surface area contributed by atoms with Gasteiger partial charge in [-0.2, -0.15) is 0 Å². The molecule has 94 valence electrons. The highest BCUT2D eigenvalue weighted by Gasteiger charge is 2.22. The van der Waals surface area contributed by atoms with Crippen molar-refractivity contribution in [2.24, 2.45) is 5.92 Å². The Balaban J connectivity index is 4.07. The van der Waals surface area contributed by atoms with Gasteiger partial charge in [0, 0.05) is 5.92 Å². The first-order valence-corrected chi connectivity index (χ1v) is 6.73. The van der Waals surface area contributed by atoms with E-state index in [4.69, 9.17) is 10.2 Å². The van der Waals surface area contributed by atoms with Crippen LogP contribution >= 0.6 is 0 Å². The Morgan fingerprint density at radius 1 is 1.25 bits per heavy atom. The lowest BCUT2D eigenvalue weighted by atomic mass is 10.0. The molecule has 2 N–H and O–H groups in total. The molecule has 0 aliphatic carbocycles. The van der Waals surface area contributed by atoms with E-state index in [0.717, 1.165) is 12.8 Å². The zero-order chi connectivity index (χ0) is 12.6. The van der Waals surface area contributed by atoms with E-state index in [1.165, 1.54) is 0 Å². The van der Waals surface area contributed by atoms with Crippen LogP contribution < -0.4 is 0 Å². The maximum Gasteiger partial charge on any atom is 0.303 e. The highest BCUT2D eigenvalue weighted by Crippen LogP contribution is 2.13. The predicted molar refractivity (Wildman–Crippen MR) is 60.8 cm³/mol. The third-order valence-corrected chi connectivity index (χ3v) is 3.66. The number of carboxylic acids is 2. The molecule has 0 aromatic carbocycles. The summed E-state index contributed by atoms with van der Waals surface area (Å²) in [6.07, 6.45) is 1.28. The van der Waals surface area contributed by atoms with E-state index in [0.29, 0.717) is 5.75 Å². The molecular weight excluding hydrogens is 232 g/mol. The van der Waals surface area contributed by atoms with Gasteiger partial charge in [-0.25, -0.2) is 0 Å². The first kappa shape index (κ1) is 15.2. The highest BCUT2D eigenvalue weighted by molar-refractivity contribution is 7.91. The van der Waals surface area contributed by atoms with E-state index in [-0.39, 0.29) is 18.6 Å². The topological polar surface area (TPSA) is 97.7 Å². The second kappa shape index (κ2) is 8.41. The summed E-state index contributed by atoms with van der Waals surface area (Å²) in [4.78, 5) is 21.0. The fraction of sp³-hybridized carbons (Fsp3) is 0.800. The van der Waals surface area contributed by atoms with E-state index in [1.807, 2.05) is 6.92 Å². The molecule has 1 unspecified atom stereocenters. The number of hydrogen-bond acceptors (Lipinski definition) is 3. The quantitative estimate of drug-likeness (QED) is 0.597. The van der Waals surface area contributed by atoms with Crippen molar-refractivity contribution in [1.29, 1.82) is 0 Å². The summed E-state index contributed by atoms with van der Waals surface area (Å²) in [7, 11) is 0. The third kappa shape index (κ3) is 8.55. The second-order valence-electron chi connectivity index (χ2n) is 3.73. The summed E-state index contributed by atoms with van der Waals surface area (Å²) >= 11 is -1.11. The monoisotopic (exact) mass is 250 g/mol. The number of aliphatic carboxylic acids is 2. The first-order chi connectivity index (χ1) is 7.45. The van der Waals surface area contributed by atoms with E-state index >= 15 is 0 Å². The SMILES string of the molecule is CCCC[S+]([O-])CC(CC(=O)O)CC(=O)O. The van der Waals surface area contributed by atoms with Crippen molar-refractivity contribution in [2.45, 2.75) is 32.6 Å². The summed E-state index contributed by atoms with van der Waals surface area (Å²) in [5, 5.41) is 17.2. The van der Waals surface area contributed by atoms with E-state index in [2.05, 4.69) is 0 Å². The van der Waals surface area contributed by atoms with Crippen LogP contribution in [0.25, 0.3) is 0 Å². The van der Waals surface area contributed by atoms with Crippen molar-refractivity contribution < 1.29 is 24.4 Å². The molecule has 0 aliphatic heterocycles. The number of unbranched alkanes of at least 4 members (excludes halogenated alkanes) is 1. The van der Waals surface area contributed by atoms with Gasteiger partial charge in [-0.1, -0.05) is 24.5 Å². The summed E-state index contributed by atoms with van der Waals surface area (Å²) in [6, 6.07) is 0. The highest BCUT2D eigenvalue weighted by atomic mass is 32.2. The molecule has 0 aromatic heterocycles. The van der Waals surface area contributed by atoms with Crippen LogP contribution in [0.5, 0.6) is 0 Å². The molecule has 16 heavy (non-hydrogen) atoms. The molecule has 0 spiro atoms. The second-order valence-corrected chi connectivity index (χ2v) is 5.35. The molecule has 1 atom stereocenters. The molecule has 0 saturated carbocycles. The van der Waals surface area contributed by atoms with Crippen LogP contribution in [0.4, 0.5) is 0 Å². The molecule has 0 saturated heterocycles. The van der Waals surface area contributed by atoms with Gasteiger partial charge >= 0.3 is 11.9 Å². The summed E-state index contributed by atoms with van der Waals surface area (Å²) in [5.41, 5.74) is 0. The lowest BCUT2D eigenvalue weighted by molar-refractivity contribution is -0.140. The van der Waals surface area contributed by atoms with Gasteiger partial charge < -0.3 is 14.8 Å². The Labute approximate surface area is 98.0 Å². The predicted octanol–water partition coefficient (Wildman–Crippen LogP) is 1.10. The number of hydrogen-bond donors (Lipinski definition) is 2. The normalized spacial score (nSPS) is 12.7. The van der Waals surface area contributed by atoms with Gasteiger partial charge in [-0.15, -0.1) is 0 Å². The summed E-state index contributed by atoms with van der Waals surface area (Å²) < 4.78 is 11.5. The van der Waals surface area contributed by atoms with Crippen LogP contribution in [0.15, 0.2) is 0 Å². The lowest BCUT2D eigenvalue weighted by Crippen LogP contribution is -2.23. The van der Waals surface area contributed by atoms with Gasteiger partial charge in [-0.05, 0) is 6.42 Å². The van der Waals surface area contributed by atoms with Crippen molar-refractivity contribution in [3.8, 4) is 0 Å². The van der Waals surface area contributed by atoms with Crippen LogP contribution in [0.3, 0.4) is 0 Å². The fourth-order valence-corrected chi connectivity index (χ4v) is 2.87. The number of carbonyl (C=O) groups is 2. The van der Waals surface area contributed by atoms with Crippen LogP contribution in [-0.4, -0.2) is 38.2 Å². The minimum atomic E-state index is -1.11. The Hall–Kier alpha value is -0.750. The van der Waals surface area contributed by atoms with Crippen molar-refractivity contribution in [3.05, 3.63) is 0 Å². The molecular formula is C10H18O5S. The van der Waals surface area contributed by atoms with Crippen LogP contribution in [0, 0.1) is 5.92 Å². The third-order valence-electron chi connectivity index (χ3n) is 2.07. The molecule has 5 nitrogen and oxygen atoms in total. The molecule has 0 fully saturated rings. The Morgan fingerprint density at radius 2 is 1.75 bits per heavy atom. The minimum absolute atomic E-state index is 0.165. The zero-order valence-corrected chi connectivity index (χ0v) is 10.2. The minimum Gasteiger partial charge on any atom is -0.616 e. The van der Waals surface area contributed by atoms with E-state index < -0.39 is 29.0 Å². The Kier molecular flexibility index (Phi) is 8.01. The van der Waals surface area contributed by atoms with Gasteiger partial charge in [-0.3, -0.25) is 9.59 Å². The molecule has 0 bridgehead atoms. The van der Waals surface area contributed by atoms with Crippen molar-refractivity contribution >= 4 is 23.1 Å². The summed E-state index contributed by atoms with van der Waals surface area (Å²) in [6.45, 7) is 1.98. The molecule has 0 heterocycles. The largest absolute Gasteiger partial charge is 0.616 e. The van der Waals surface area contributed by atoms with Crippen LogP contribution in [0.2, 0.25) is 0 Å². The van der Waals surface area contributed by atoms with Gasteiger partial charge in [0.1, 0.15) is 11.5 Å². The van der Waals surface area contributed by atoms with E-state index in [9.17, 15) is 14.1 Å². The molecule has 0 aromatic rings. The standard InChI is InChI=1S/C10H18O5S/c1-2-3-4-16(15)7-8(5-9(11)12)6-10(13)14/h8H,2-7H2,1H3,(H,11,12)(H,13,14). The molecule has 0 rings (SSSR count). The lowest BCUT2D eigenvalue weighted by Gasteiger charge is -2.16. The van der Waals surface area contributed by atoms with Crippen LogP contribution in [0.1, 0.15) is 32.6 Å². The molecule has 0 radical (unpaired) electrons.